The third-order valence-corrected chi connectivity index (χ3v) is 8.67. The third kappa shape index (κ3) is 4.05. The lowest BCUT2D eigenvalue weighted by Gasteiger charge is -2.32. The molecule has 0 aliphatic carbocycles. The predicted octanol–water partition coefficient (Wildman–Crippen LogP) is 8.78. The average molecular weight is 506 g/mol. The van der Waals surface area contributed by atoms with Crippen LogP contribution in [0.15, 0.2) is 115 Å². The number of hydrogen-bond acceptors (Lipinski definition) is 2. The van der Waals surface area contributed by atoms with Gasteiger partial charge in [-0.15, -0.1) is 0 Å². The van der Waals surface area contributed by atoms with Crippen molar-refractivity contribution in [2.75, 3.05) is 0 Å². The molecule has 1 fully saturated rings. The van der Waals surface area contributed by atoms with Gasteiger partial charge in [-0.2, -0.15) is 0 Å². The van der Waals surface area contributed by atoms with Crippen LogP contribution in [-0.2, 0) is 9.31 Å². The highest BCUT2D eigenvalue weighted by Crippen LogP contribution is 2.38. The van der Waals surface area contributed by atoms with Crippen LogP contribution in [0.5, 0.6) is 0 Å². The summed E-state index contributed by atoms with van der Waals surface area (Å²) in [6.45, 7) is 8.37. The molecule has 0 radical (unpaired) electrons. The number of hydrogen-bond donors (Lipinski definition) is 0. The molecular weight excluding hydrogens is 475 g/mol. The van der Waals surface area contributed by atoms with Crippen LogP contribution >= 0.6 is 0 Å². The van der Waals surface area contributed by atoms with E-state index in [4.69, 9.17) is 9.31 Å². The Kier molecular flexibility index (Phi) is 5.45. The van der Waals surface area contributed by atoms with Crippen molar-refractivity contribution in [1.82, 2.24) is 0 Å². The first kappa shape index (κ1) is 24.1. The Bertz CT molecular complexity index is 1870. The first-order valence-corrected chi connectivity index (χ1v) is 13.7. The molecule has 1 heterocycles. The molecular formula is C36H31BO2. The summed E-state index contributed by atoms with van der Waals surface area (Å²) < 4.78 is 12.6. The highest BCUT2D eigenvalue weighted by Gasteiger charge is 2.51. The van der Waals surface area contributed by atoms with E-state index in [-0.39, 0.29) is 18.3 Å². The van der Waals surface area contributed by atoms with Gasteiger partial charge in [0.2, 0.25) is 0 Å². The van der Waals surface area contributed by atoms with Gasteiger partial charge in [0.25, 0.3) is 0 Å². The van der Waals surface area contributed by atoms with Crippen molar-refractivity contribution < 1.29 is 9.31 Å². The Labute approximate surface area is 230 Å². The quantitative estimate of drug-likeness (QED) is 0.176. The van der Waals surface area contributed by atoms with Gasteiger partial charge in [-0.3, -0.25) is 0 Å². The van der Waals surface area contributed by atoms with E-state index in [2.05, 4.69) is 143 Å². The first-order valence-electron chi connectivity index (χ1n) is 13.7. The molecule has 0 saturated carbocycles. The lowest BCUT2D eigenvalue weighted by molar-refractivity contribution is 0.00578. The largest absolute Gasteiger partial charge is 0.494 e. The summed E-state index contributed by atoms with van der Waals surface area (Å²) in [6.07, 6.45) is 0. The van der Waals surface area contributed by atoms with Gasteiger partial charge in [0.15, 0.2) is 0 Å². The molecule has 6 aromatic carbocycles. The Morgan fingerprint density at radius 2 is 1.10 bits per heavy atom. The fourth-order valence-corrected chi connectivity index (χ4v) is 5.74. The Hall–Kier alpha value is -3.92. The molecule has 6 aromatic rings. The van der Waals surface area contributed by atoms with Crippen LogP contribution in [0, 0.1) is 0 Å². The minimum atomic E-state index is -0.354. The molecule has 39 heavy (non-hydrogen) atoms. The zero-order chi connectivity index (χ0) is 26.8. The molecule has 0 unspecified atom stereocenters. The van der Waals surface area contributed by atoms with Crippen LogP contribution in [0.3, 0.4) is 0 Å². The molecule has 1 saturated heterocycles. The minimum absolute atomic E-state index is 0.349. The summed E-state index contributed by atoms with van der Waals surface area (Å²) >= 11 is 0. The number of fused-ring (bicyclic) bond motifs is 4. The van der Waals surface area contributed by atoms with Gasteiger partial charge in [0.05, 0.1) is 11.2 Å². The van der Waals surface area contributed by atoms with Gasteiger partial charge in [-0.25, -0.2) is 0 Å². The van der Waals surface area contributed by atoms with E-state index in [1.165, 1.54) is 54.6 Å². The standard InChI is InChI=1S/C36H31BO2/c1-35(2)36(3,4)39-37(38-35)31-20-19-28-21-27(17-18-29(28)23-31)26-11-7-12-30(22-26)33-14-8-10-25-16-15-24-9-5-6-13-32(24)34(25)33/h5-23H,1-4H3. The van der Waals surface area contributed by atoms with Crippen LogP contribution in [0.2, 0.25) is 0 Å². The van der Waals surface area contributed by atoms with Gasteiger partial charge in [-0.1, -0.05) is 103 Å². The maximum atomic E-state index is 6.28. The molecule has 7 rings (SSSR count). The number of benzene rings is 6. The van der Waals surface area contributed by atoms with Crippen molar-refractivity contribution in [1.29, 1.82) is 0 Å². The van der Waals surface area contributed by atoms with Crippen molar-refractivity contribution >= 4 is 44.9 Å². The van der Waals surface area contributed by atoms with Gasteiger partial charge >= 0.3 is 7.12 Å². The third-order valence-electron chi connectivity index (χ3n) is 8.67. The maximum Gasteiger partial charge on any atom is 0.494 e. The van der Waals surface area contributed by atoms with E-state index >= 15 is 0 Å². The Morgan fingerprint density at radius 1 is 0.487 bits per heavy atom. The second-order valence-corrected chi connectivity index (χ2v) is 11.7. The van der Waals surface area contributed by atoms with Crippen LogP contribution in [0.4, 0.5) is 0 Å². The average Bonchev–Trinajstić information content (AvgIpc) is 3.18. The van der Waals surface area contributed by atoms with E-state index in [0.717, 1.165) is 5.46 Å². The van der Waals surface area contributed by atoms with E-state index in [9.17, 15) is 0 Å². The van der Waals surface area contributed by atoms with Crippen molar-refractivity contribution in [3.05, 3.63) is 115 Å². The maximum absolute atomic E-state index is 6.28. The van der Waals surface area contributed by atoms with Crippen molar-refractivity contribution in [2.24, 2.45) is 0 Å². The normalized spacial score (nSPS) is 16.4. The summed E-state index contributed by atoms with van der Waals surface area (Å²) in [5.41, 5.74) is 5.26. The number of rotatable bonds is 3. The summed E-state index contributed by atoms with van der Waals surface area (Å²) in [6, 6.07) is 41.8. The molecule has 3 heteroatoms. The molecule has 1 aliphatic rings. The van der Waals surface area contributed by atoms with Crippen LogP contribution < -0.4 is 5.46 Å². The molecule has 0 aromatic heterocycles. The van der Waals surface area contributed by atoms with Crippen molar-refractivity contribution in [3.8, 4) is 22.3 Å². The Morgan fingerprint density at radius 3 is 1.95 bits per heavy atom. The molecule has 0 bridgehead atoms. The van der Waals surface area contributed by atoms with Gasteiger partial charge in [0, 0.05) is 0 Å². The summed E-state index contributed by atoms with van der Waals surface area (Å²) in [5, 5.41) is 7.51. The van der Waals surface area contributed by atoms with Crippen molar-refractivity contribution in [2.45, 2.75) is 38.9 Å². The molecule has 0 spiro atoms. The highest BCUT2D eigenvalue weighted by atomic mass is 16.7. The minimum Gasteiger partial charge on any atom is -0.399 e. The van der Waals surface area contributed by atoms with E-state index in [0.29, 0.717) is 0 Å². The van der Waals surface area contributed by atoms with E-state index in [1.807, 2.05) is 0 Å². The zero-order valence-corrected chi connectivity index (χ0v) is 22.9. The predicted molar refractivity (Wildman–Crippen MR) is 166 cm³/mol. The second-order valence-electron chi connectivity index (χ2n) is 11.7. The highest BCUT2D eigenvalue weighted by molar-refractivity contribution is 6.62. The van der Waals surface area contributed by atoms with Crippen LogP contribution in [0.1, 0.15) is 27.7 Å². The van der Waals surface area contributed by atoms with Crippen molar-refractivity contribution in [3.63, 3.8) is 0 Å². The lowest BCUT2D eigenvalue weighted by atomic mass is 9.78. The van der Waals surface area contributed by atoms with Gasteiger partial charge in [-0.05, 0) is 99.9 Å². The second kappa shape index (κ2) is 8.81. The van der Waals surface area contributed by atoms with Crippen LogP contribution in [-0.4, -0.2) is 18.3 Å². The molecule has 0 amide bonds. The fourth-order valence-electron chi connectivity index (χ4n) is 5.74. The van der Waals surface area contributed by atoms with Gasteiger partial charge in [0.1, 0.15) is 0 Å². The first-order chi connectivity index (χ1) is 18.8. The van der Waals surface area contributed by atoms with E-state index < -0.39 is 0 Å². The van der Waals surface area contributed by atoms with Gasteiger partial charge < -0.3 is 9.31 Å². The topological polar surface area (TPSA) is 18.5 Å². The SMILES string of the molecule is CC1(C)OB(c2ccc3cc(-c4cccc(-c5cccc6ccc7ccccc7c56)c4)ccc3c2)OC1(C)C. The summed E-state index contributed by atoms with van der Waals surface area (Å²) in [5.74, 6) is 0. The fraction of sp³-hybridized carbons (Fsp3) is 0.167. The molecule has 1 aliphatic heterocycles. The van der Waals surface area contributed by atoms with E-state index in [1.54, 1.807) is 0 Å². The summed E-state index contributed by atoms with van der Waals surface area (Å²) in [7, 11) is -0.354. The van der Waals surface area contributed by atoms with Crippen LogP contribution in [0.25, 0.3) is 54.6 Å². The molecule has 0 N–H and O–H groups in total. The smallest absolute Gasteiger partial charge is 0.399 e. The molecule has 190 valence electrons. The lowest BCUT2D eigenvalue weighted by Crippen LogP contribution is -2.41. The Balaban J connectivity index is 1.27. The zero-order valence-electron chi connectivity index (χ0n) is 22.9. The molecule has 0 atom stereocenters. The molecule has 2 nitrogen and oxygen atoms in total. The monoisotopic (exact) mass is 506 g/mol. The summed E-state index contributed by atoms with van der Waals surface area (Å²) in [4.78, 5) is 0.